The van der Waals surface area contributed by atoms with Crippen LogP contribution in [0, 0.1) is 0 Å². The molecule has 6 nitrogen and oxygen atoms in total. The van der Waals surface area contributed by atoms with Crippen molar-refractivity contribution in [3.63, 3.8) is 0 Å². The van der Waals surface area contributed by atoms with Crippen LogP contribution in [0.1, 0.15) is 19.3 Å². The summed E-state index contributed by atoms with van der Waals surface area (Å²) in [6.45, 7) is 1.21. The average molecular weight is 270 g/mol. The minimum Gasteiger partial charge on any atom is -0.299 e. The Balaban J connectivity index is 1.86. The molecule has 0 aromatic carbocycles. The lowest BCUT2D eigenvalue weighted by Crippen LogP contribution is -2.39. The van der Waals surface area contributed by atoms with E-state index in [2.05, 4.69) is 22.1 Å². The number of H-pyrrole nitrogens is 1. The van der Waals surface area contributed by atoms with Crippen LogP contribution in [0.3, 0.4) is 0 Å². The van der Waals surface area contributed by atoms with E-state index >= 15 is 0 Å². The maximum Gasteiger partial charge on any atom is 0.246 e. The van der Waals surface area contributed by atoms with Crippen LogP contribution in [0.25, 0.3) is 0 Å². The molecule has 2 bridgehead atoms. The lowest BCUT2D eigenvalue weighted by Gasteiger charge is -2.24. The summed E-state index contributed by atoms with van der Waals surface area (Å²) in [4.78, 5) is 2.60. The summed E-state index contributed by atoms with van der Waals surface area (Å²) in [5, 5.41) is 6.30. The van der Waals surface area contributed by atoms with E-state index in [0.717, 1.165) is 12.8 Å². The minimum absolute atomic E-state index is 0.267. The van der Waals surface area contributed by atoms with Gasteiger partial charge in [0.25, 0.3) is 0 Å². The van der Waals surface area contributed by atoms with Gasteiger partial charge in [-0.2, -0.15) is 9.40 Å². The summed E-state index contributed by atoms with van der Waals surface area (Å²) in [5.41, 5.74) is 0. The summed E-state index contributed by atoms with van der Waals surface area (Å²) in [6.07, 6.45) is 6.04. The molecule has 2 atom stereocenters. The summed E-state index contributed by atoms with van der Waals surface area (Å²) < 4.78 is 26.5. The van der Waals surface area contributed by atoms with Gasteiger partial charge in [0.2, 0.25) is 10.0 Å². The molecule has 1 N–H and O–H groups in total. The van der Waals surface area contributed by atoms with Crippen LogP contribution in [0.2, 0.25) is 0 Å². The molecule has 2 saturated heterocycles. The van der Waals surface area contributed by atoms with Gasteiger partial charge in [0.1, 0.15) is 4.90 Å². The average Bonchev–Trinajstić information content (AvgIpc) is 2.88. The molecule has 2 fully saturated rings. The molecular formula is C11H18N4O2S. The van der Waals surface area contributed by atoms with Crippen molar-refractivity contribution in [2.24, 2.45) is 0 Å². The zero-order valence-electron chi connectivity index (χ0n) is 10.4. The van der Waals surface area contributed by atoms with Crippen molar-refractivity contribution in [3.05, 3.63) is 12.4 Å². The van der Waals surface area contributed by atoms with Crippen LogP contribution in [0.4, 0.5) is 0 Å². The number of rotatable bonds is 2. The van der Waals surface area contributed by atoms with E-state index in [9.17, 15) is 8.42 Å². The molecule has 7 heteroatoms. The van der Waals surface area contributed by atoms with Crippen LogP contribution in [-0.2, 0) is 10.0 Å². The SMILES string of the molecule is CN1C2CCC1CN(S(=O)(=O)c1cn[nH]c1)CC2. The summed E-state index contributed by atoms with van der Waals surface area (Å²) in [7, 11) is -1.27. The highest BCUT2D eigenvalue weighted by Crippen LogP contribution is 2.30. The molecule has 1 aromatic heterocycles. The highest BCUT2D eigenvalue weighted by Gasteiger charge is 2.38. The standard InChI is InChI=1S/C11H18N4O2S/c1-14-9-2-3-10(14)8-15(5-4-9)18(16,17)11-6-12-13-7-11/h6-7,9-10H,2-5,8H2,1H3,(H,12,13). The monoisotopic (exact) mass is 270 g/mol. The molecule has 100 valence electrons. The highest BCUT2D eigenvalue weighted by molar-refractivity contribution is 7.89. The third kappa shape index (κ3) is 1.86. The van der Waals surface area contributed by atoms with Gasteiger partial charge in [-0.05, 0) is 26.3 Å². The van der Waals surface area contributed by atoms with Gasteiger partial charge >= 0.3 is 0 Å². The predicted molar refractivity (Wildman–Crippen MR) is 66.5 cm³/mol. The van der Waals surface area contributed by atoms with Crippen molar-refractivity contribution in [1.82, 2.24) is 19.4 Å². The highest BCUT2D eigenvalue weighted by atomic mass is 32.2. The van der Waals surface area contributed by atoms with Crippen molar-refractivity contribution in [1.29, 1.82) is 0 Å². The number of hydrogen-bond acceptors (Lipinski definition) is 4. The molecule has 3 heterocycles. The number of likely N-dealkylation sites (N-methyl/N-ethyl adjacent to an activating group) is 1. The zero-order chi connectivity index (χ0) is 12.8. The van der Waals surface area contributed by atoms with Gasteiger partial charge < -0.3 is 0 Å². The smallest absolute Gasteiger partial charge is 0.246 e. The molecule has 0 spiro atoms. The first-order valence-corrected chi connectivity index (χ1v) is 7.74. The van der Waals surface area contributed by atoms with E-state index in [0.29, 0.717) is 25.2 Å². The van der Waals surface area contributed by atoms with E-state index < -0.39 is 10.0 Å². The lowest BCUT2D eigenvalue weighted by molar-refractivity contribution is 0.246. The largest absolute Gasteiger partial charge is 0.299 e. The number of aromatic nitrogens is 2. The first kappa shape index (κ1) is 12.1. The van der Waals surface area contributed by atoms with Crippen molar-refractivity contribution < 1.29 is 8.42 Å². The summed E-state index contributed by atoms with van der Waals surface area (Å²) >= 11 is 0. The molecule has 2 unspecified atom stereocenters. The molecule has 1 aromatic rings. The molecule has 0 radical (unpaired) electrons. The Morgan fingerprint density at radius 1 is 1.33 bits per heavy atom. The van der Waals surface area contributed by atoms with Crippen molar-refractivity contribution in [2.75, 3.05) is 20.1 Å². The van der Waals surface area contributed by atoms with Crippen molar-refractivity contribution >= 4 is 10.0 Å². The second-order valence-corrected chi connectivity index (χ2v) is 7.07. The summed E-state index contributed by atoms with van der Waals surface area (Å²) in [6, 6.07) is 0.902. The van der Waals surface area contributed by atoms with Crippen LogP contribution < -0.4 is 0 Å². The number of fused-ring (bicyclic) bond motifs is 2. The maximum atomic E-state index is 12.4. The Morgan fingerprint density at radius 3 is 2.83 bits per heavy atom. The normalized spacial score (nSPS) is 30.5. The van der Waals surface area contributed by atoms with Crippen LogP contribution in [0.15, 0.2) is 17.3 Å². The first-order chi connectivity index (χ1) is 8.59. The molecule has 0 saturated carbocycles. The molecular weight excluding hydrogens is 252 g/mol. The Kier molecular flexibility index (Phi) is 2.91. The second-order valence-electron chi connectivity index (χ2n) is 5.14. The molecule has 2 aliphatic heterocycles. The van der Waals surface area contributed by atoms with Crippen molar-refractivity contribution in [3.8, 4) is 0 Å². The number of sulfonamides is 1. The number of nitrogens with zero attached hydrogens (tertiary/aromatic N) is 3. The van der Waals surface area contributed by atoms with E-state index in [-0.39, 0.29) is 4.90 Å². The van der Waals surface area contributed by atoms with Gasteiger partial charge in [-0.25, -0.2) is 8.42 Å². The molecule has 3 rings (SSSR count). The quantitative estimate of drug-likeness (QED) is 0.837. The predicted octanol–water partition coefficient (Wildman–Crippen LogP) is 0.267. The number of aromatic amines is 1. The van der Waals surface area contributed by atoms with Gasteiger partial charge in [0, 0.05) is 31.4 Å². The fourth-order valence-corrected chi connectivity index (χ4v) is 4.42. The lowest BCUT2D eigenvalue weighted by atomic mass is 10.1. The number of nitrogens with one attached hydrogen (secondary N) is 1. The Bertz CT molecular complexity index is 513. The van der Waals surface area contributed by atoms with Gasteiger partial charge in [0.05, 0.1) is 6.20 Å². The topological polar surface area (TPSA) is 69.3 Å². The maximum absolute atomic E-state index is 12.4. The Labute approximate surface area is 107 Å². The Morgan fingerprint density at radius 2 is 2.11 bits per heavy atom. The third-order valence-electron chi connectivity index (χ3n) is 4.22. The Hall–Kier alpha value is -0.920. The van der Waals surface area contributed by atoms with E-state index in [1.165, 1.54) is 18.8 Å². The summed E-state index contributed by atoms with van der Waals surface area (Å²) in [5.74, 6) is 0. The third-order valence-corrected chi connectivity index (χ3v) is 6.05. The van der Waals surface area contributed by atoms with Gasteiger partial charge in [-0.15, -0.1) is 0 Å². The fraction of sp³-hybridized carbons (Fsp3) is 0.727. The molecule has 0 amide bonds. The molecule has 2 aliphatic rings. The zero-order valence-corrected chi connectivity index (χ0v) is 11.2. The molecule has 0 aliphatic carbocycles. The van der Waals surface area contributed by atoms with E-state index in [4.69, 9.17) is 0 Å². The second kappa shape index (κ2) is 4.32. The van der Waals surface area contributed by atoms with Crippen molar-refractivity contribution in [2.45, 2.75) is 36.2 Å². The number of hydrogen-bond donors (Lipinski definition) is 1. The molecule has 18 heavy (non-hydrogen) atoms. The minimum atomic E-state index is -3.37. The van der Waals surface area contributed by atoms with Gasteiger partial charge in [-0.1, -0.05) is 0 Å². The first-order valence-electron chi connectivity index (χ1n) is 6.30. The van der Waals surface area contributed by atoms with Gasteiger partial charge in [-0.3, -0.25) is 10.00 Å². The van der Waals surface area contributed by atoms with Crippen LogP contribution >= 0.6 is 0 Å². The van der Waals surface area contributed by atoms with E-state index in [1.54, 1.807) is 4.31 Å². The van der Waals surface area contributed by atoms with E-state index in [1.807, 2.05) is 0 Å². The van der Waals surface area contributed by atoms with Gasteiger partial charge in [0.15, 0.2) is 0 Å². The fourth-order valence-electron chi connectivity index (χ4n) is 3.03. The van der Waals surface area contributed by atoms with Crippen LogP contribution in [0.5, 0.6) is 0 Å². The van der Waals surface area contributed by atoms with Crippen LogP contribution in [-0.4, -0.2) is 60.0 Å².